The summed E-state index contributed by atoms with van der Waals surface area (Å²) in [5.41, 5.74) is 1.22. The lowest BCUT2D eigenvalue weighted by molar-refractivity contribution is -0.384. The number of esters is 1. The summed E-state index contributed by atoms with van der Waals surface area (Å²) in [5.74, 6) is -1.21. The molecular weight excluding hydrogens is 407 g/mol. The number of carbonyl (C=O) groups is 2. The lowest BCUT2D eigenvalue weighted by Crippen LogP contribution is -2.31. The number of ether oxygens (including phenoxy) is 1. The highest BCUT2D eigenvalue weighted by Gasteiger charge is 2.14. The summed E-state index contributed by atoms with van der Waals surface area (Å²) in [4.78, 5) is 33.7. The molecule has 0 aliphatic heterocycles. The quantitative estimate of drug-likeness (QED) is 0.309. The van der Waals surface area contributed by atoms with Crippen LogP contribution in [-0.2, 0) is 14.3 Å². The topological polar surface area (TPSA) is 98.5 Å². The van der Waals surface area contributed by atoms with E-state index >= 15 is 0 Å². The van der Waals surface area contributed by atoms with Crippen molar-refractivity contribution in [3.05, 3.63) is 79.8 Å². The Bertz CT molecular complexity index is 913. The third kappa shape index (κ3) is 6.37. The molecule has 0 aliphatic carbocycles. The molecule has 0 aromatic heterocycles. The summed E-state index contributed by atoms with van der Waals surface area (Å²) in [6.07, 6.45) is 2.56. The van der Waals surface area contributed by atoms with Crippen LogP contribution in [0.2, 0.25) is 10.0 Å². The fourth-order valence-corrected chi connectivity index (χ4v) is 2.84. The molecule has 0 saturated heterocycles. The summed E-state index contributed by atoms with van der Waals surface area (Å²) in [6, 6.07) is 10.2. The summed E-state index contributed by atoms with van der Waals surface area (Å²) in [6.45, 7) is 1.28. The highest BCUT2D eigenvalue weighted by molar-refractivity contribution is 6.35. The predicted octanol–water partition coefficient (Wildman–Crippen LogP) is 4.34. The second-order valence-corrected chi connectivity index (χ2v) is 6.59. The van der Waals surface area contributed by atoms with Gasteiger partial charge in [0.1, 0.15) is 0 Å². The number of nitro groups is 1. The summed E-state index contributed by atoms with van der Waals surface area (Å²) >= 11 is 11.9. The minimum absolute atomic E-state index is 0.0497. The van der Waals surface area contributed by atoms with Crippen molar-refractivity contribution >= 4 is 46.8 Å². The number of nitro benzene ring substituents is 1. The molecule has 2 aromatic rings. The van der Waals surface area contributed by atoms with Crippen molar-refractivity contribution in [2.45, 2.75) is 13.0 Å². The Kier molecular flexibility index (Phi) is 7.54. The minimum Gasteiger partial charge on any atom is -0.452 e. The number of rotatable bonds is 7. The molecule has 1 amide bonds. The summed E-state index contributed by atoms with van der Waals surface area (Å²) in [7, 11) is 0. The van der Waals surface area contributed by atoms with Gasteiger partial charge in [0, 0.05) is 28.3 Å². The molecule has 0 heterocycles. The van der Waals surface area contributed by atoms with Crippen molar-refractivity contribution in [1.29, 1.82) is 0 Å². The van der Waals surface area contributed by atoms with E-state index in [9.17, 15) is 19.7 Å². The highest BCUT2D eigenvalue weighted by atomic mass is 35.5. The number of halogens is 2. The van der Waals surface area contributed by atoms with E-state index in [0.29, 0.717) is 21.2 Å². The number of non-ortho nitro benzene ring substituents is 1. The maximum Gasteiger partial charge on any atom is 0.331 e. The first-order valence-electron chi connectivity index (χ1n) is 8.10. The normalized spacial score (nSPS) is 11.8. The Morgan fingerprint density at radius 1 is 1.21 bits per heavy atom. The van der Waals surface area contributed by atoms with Crippen LogP contribution in [0.4, 0.5) is 5.69 Å². The Balaban J connectivity index is 1.83. The van der Waals surface area contributed by atoms with Gasteiger partial charge in [0.2, 0.25) is 0 Å². The number of nitrogens with zero attached hydrogens (tertiary/aromatic N) is 1. The molecule has 7 nitrogen and oxygen atoms in total. The second-order valence-electron chi connectivity index (χ2n) is 5.74. The van der Waals surface area contributed by atoms with E-state index in [-0.39, 0.29) is 5.69 Å². The molecule has 0 fully saturated rings. The van der Waals surface area contributed by atoms with E-state index in [1.807, 2.05) is 0 Å². The average Bonchev–Trinajstić information content (AvgIpc) is 2.64. The highest BCUT2D eigenvalue weighted by Crippen LogP contribution is 2.26. The van der Waals surface area contributed by atoms with Crippen molar-refractivity contribution in [3.63, 3.8) is 0 Å². The maximum atomic E-state index is 11.9. The van der Waals surface area contributed by atoms with Crippen LogP contribution in [0.3, 0.4) is 0 Å². The third-order valence-corrected chi connectivity index (χ3v) is 4.23. The first kappa shape index (κ1) is 21.4. The standard InChI is InChI=1S/C19H16Cl2N2O5/c1-12(16-8-5-14(20)10-17(16)21)22-18(24)11-28-19(25)9-4-13-2-6-15(7-3-13)23(26)27/h2-10,12H,11H2,1H3,(H,22,24)/b9-4+. The molecule has 2 aromatic carbocycles. The van der Waals surface area contributed by atoms with Gasteiger partial charge in [-0.1, -0.05) is 29.3 Å². The Labute approximate surface area is 171 Å². The lowest BCUT2D eigenvalue weighted by Gasteiger charge is -2.15. The molecule has 9 heteroatoms. The first-order valence-corrected chi connectivity index (χ1v) is 8.85. The van der Waals surface area contributed by atoms with Gasteiger partial charge in [-0.25, -0.2) is 4.79 Å². The fraction of sp³-hybridized carbons (Fsp3) is 0.158. The lowest BCUT2D eigenvalue weighted by atomic mass is 10.1. The molecular formula is C19H16Cl2N2O5. The molecule has 0 bridgehead atoms. The maximum absolute atomic E-state index is 11.9. The zero-order valence-corrected chi connectivity index (χ0v) is 16.2. The van der Waals surface area contributed by atoms with Crippen molar-refractivity contribution in [1.82, 2.24) is 5.32 Å². The second kappa shape index (κ2) is 9.87. The van der Waals surface area contributed by atoms with E-state index in [4.69, 9.17) is 27.9 Å². The van der Waals surface area contributed by atoms with Crippen LogP contribution in [0.15, 0.2) is 48.5 Å². The number of amides is 1. The van der Waals surface area contributed by atoms with E-state index in [1.165, 1.54) is 30.3 Å². The van der Waals surface area contributed by atoms with Crippen LogP contribution in [0, 0.1) is 10.1 Å². The van der Waals surface area contributed by atoms with Crippen LogP contribution in [-0.4, -0.2) is 23.4 Å². The van der Waals surface area contributed by atoms with Gasteiger partial charge in [0.05, 0.1) is 11.0 Å². The van der Waals surface area contributed by atoms with Gasteiger partial charge in [-0.2, -0.15) is 0 Å². The number of nitrogens with one attached hydrogen (secondary N) is 1. The molecule has 1 N–H and O–H groups in total. The molecule has 0 aliphatic rings. The van der Waals surface area contributed by atoms with Crippen LogP contribution in [0.25, 0.3) is 6.08 Å². The van der Waals surface area contributed by atoms with E-state index < -0.39 is 29.4 Å². The summed E-state index contributed by atoms with van der Waals surface area (Å²) in [5, 5.41) is 14.2. The van der Waals surface area contributed by atoms with E-state index in [2.05, 4.69) is 5.32 Å². The fourth-order valence-electron chi connectivity index (χ4n) is 2.27. The molecule has 1 atom stereocenters. The van der Waals surface area contributed by atoms with Crippen molar-refractivity contribution in [2.24, 2.45) is 0 Å². The van der Waals surface area contributed by atoms with Gasteiger partial charge in [0.25, 0.3) is 11.6 Å². The van der Waals surface area contributed by atoms with Gasteiger partial charge < -0.3 is 10.1 Å². The zero-order chi connectivity index (χ0) is 20.7. The predicted molar refractivity (Wildman–Crippen MR) is 106 cm³/mol. The zero-order valence-electron chi connectivity index (χ0n) is 14.7. The molecule has 1 unspecified atom stereocenters. The molecule has 0 spiro atoms. The molecule has 0 radical (unpaired) electrons. The van der Waals surface area contributed by atoms with Crippen molar-refractivity contribution < 1.29 is 19.2 Å². The Morgan fingerprint density at radius 3 is 2.50 bits per heavy atom. The SMILES string of the molecule is CC(NC(=O)COC(=O)/C=C/c1ccc([N+](=O)[O-])cc1)c1ccc(Cl)cc1Cl. The number of benzene rings is 2. The molecule has 0 saturated carbocycles. The van der Waals surface area contributed by atoms with Crippen LogP contribution in [0.5, 0.6) is 0 Å². The van der Waals surface area contributed by atoms with Gasteiger partial charge in [-0.3, -0.25) is 14.9 Å². The summed E-state index contributed by atoms with van der Waals surface area (Å²) < 4.78 is 4.87. The van der Waals surface area contributed by atoms with Crippen LogP contribution >= 0.6 is 23.2 Å². The van der Waals surface area contributed by atoms with E-state index in [0.717, 1.165) is 6.08 Å². The Morgan fingerprint density at radius 2 is 1.89 bits per heavy atom. The van der Waals surface area contributed by atoms with Crippen molar-refractivity contribution in [3.8, 4) is 0 Å². The largest absolute Gasteiger partial charge is 0.452 e. The van der Waals surface area contributed by atoms with E-state index in [1.54, 1.807) is 25.1 Å². The van der Waals surface area contributed by atoms with Crippen LogP contribution in [0.1, 0.15) is 24.1 Å². The first-order chi connectivity index (χ1) is 13.3. The molecule has 2 rings (SSSR count). The monoisotopic (exact) mass is 422 g/mol. The Hall–Kier alpha value is -2.90. The van der Waals surface area contributed by atoms with Gasteiger partial charge >= 0.3 is 5.97 Å². The van der Waals surface area contributed by atoms with Crippen LogP contribution < -0.4 is 5.32 Å². The van der Waals surface area contributed by atoms with Gasteiger partial charge in [-0.15, -0.1) is 0 Å². The number of hydrogen-bond acceptors (Lipinski definition) is 5. The molecule has 146 valence electrons. The van der Waals surface area contributed by atoms with Crippen molar-refractivity contribution in [2.75, 3.05) is 6.61 Å². The average molecular weight is 423 g/mol. The third-order valence-electron chi connectivity index (χ3n) is 3.67. The van der Waals surface area contributed by atoms with Gasteiger partial charge in [-0.05, 0) is 48.4 Å². The smallest absolute Gasteiger partial charge is 0.331 e. The molecule has 28 heavy (non-hydrogen) atoms. The minimum atomic E-state index is -0.717. The number of carbonyl (C=O) groups excluding carboxylic acids is 2. The van der Waals surface area contributed by atoms with Gasteiger partial charge in [0.15, 0.2) is 6.61 Å². The number of hydrogen-bond donors (Lipinski definition) is 1.